The topological polar surface area (TPSA) is 66.6 Å². The van der Waals surface area contributed by atoms with Gasteiger partial charge >= 0.3 is 5.97 Å². The maximum atomic E-state index is 10.7. The van der Waals surface area contributed by atoms with Crippen LogP contribution in [0.2, 0.25) is 0 Å². The lowest BCUT2D eigenvalue weighted by Gasteiger charge is -2.33. The van der Waals surface area contributed by atoms with Crippen molar-refractivity contribution in [2.75, 3.05) is 13.1 Å². The van der Waals surface area contributed by atoms with Gasteiger partial charge in [-0.2, -0.15) is 0 Å². The van der Waals surface area contributed by atoms with Gasteiger partial charge in [0.2, 0.25) is 0 Å². The molecule has 0 bridgehead atoms. The molecule has 4 nitrogen and oxygen atoms in total. The van der Waals surface area contributed by atoms with Crippen LogP contribution in [0.25, 0.3) is 0 Å². The minimum atomic E-state index is -0.887. The summed E-state index contributed by atoms with van der Waals surface area (Å²) in [6, 6.07) is 9.79. The molecule has 110 valence electrons. The third kappa shape index (κ3) is 4.62. The number of carbonyl (C=O) groups is 1. The Morgan fingerprint density at radius 3 is 2.85 bits per heavy atom. The van der Waals surface area contributed by atoms with Crippen molar-refractivity contribution >= 4 is 5.97 Å². The number of hydrogen-bond donors (Lipinski definition) is 2. The van der Waals surface area contributed by atoms with Crippen molar-refractivity contribution in [2.45, 2.75) is 38.3 Å². The molecule has 3 N–H and O–H groups in total. The van der Waals surface area contributed by atoms with E-state index in [-0.39, 0.29) is 0 Å². The van der Waals surface area contributed by atoms with Gasteiger partial charge in [0.05, 0.1) is 0 Å². The van der Waals surface area contributed by atoms with Crippen molar-refractivity contribution in [3.8, 4) is 0 Å². The molecule has 2 unspecified atom stereocenters. The fraction of sp³-hybridized carbons (Fsp3) is 0.562. The first-order chi connectivity index (χ1) is 9.65. The molecule has 1 aliphatic rings. The van der Waals surface area contributed by atoms with E-state index in [1.807, 2.05) is 6.07 Å². The average molecular weight is 276 g/mol. The summed E-state index contributed by atoms with van der Waals surface area (Å²) >= 11 is 0. The number of aliphatic carboxylic acids is 1. The van der Waals surface area contributed by atoms with Gasteiger partial charge in [-0.25, -0.2) is 0 Å². The van der Waals surface area contributed by atoms with E-state index in [9.17, 15) is 4.79 Å². The highest BCUT2D eigenvalue weighted by atomic mass is 16.4. The number of benzene rings is 1. The Morgan fingerprint density at radius 2 is 2.15 bits per heavy atom. The smallest absolute Gasteiger partial charge is 0.320 e. The quantitative estimate of drug-likeness (QED) is 0.835. The van der Waals surface area contributed by atoms with Gasteiger partial charge in [0.1, 0.15) is 6.04 Å². The molecule has 0 saturated carbocycles. The first-order valence-electron chi connectivity index (χ1n) is 7.40. The van der Waals surface area contributed by atoms with Gasteiger partial charge in [-0.1, -0.05) is 30.3 Å². The average Bonchev–Trinajstić information content (AvgIpc) is 2.46. The molecular weight excluding hydrogens is 252 g/mol. The van der Waals surface area contributed by atoms with Crippen molar-refractivity contribution in [2.24, 2.45) is 11.7 Å². The third-order valence-corrected chi connectivity index (χ3v) is 4.06. The lowest BCUT2D eigenvalue weighted by molar-refractivity contribution is -0.138. The number of nitrogens with zero attached hydrogens (tertiary/aromatic N) is 1. The number of likely N-dealkylation sites (tertiary alicyclic amines) is 1. The molecule has 1 aromatic rings. The molecule has 0 aromatic heterocycles. The van der Waals surface area contributed by atoms with Crippen LogP contribution in [-0.4, -0.2) is 35.1 Å². The Kier molecular flexibility index (Phi) is 5.56. The Hall–Kier alpha value is -1.39. The summed E-state index contributed by atoms with van der Waals surface area (Å²) in [4.78, 5) is 13.2. The second kappa shape index (κ2) is 7.41. The summed E-state index contributed by atoms with van der Waals surface area (Å²) in [5, 5.41) is 8.82. The summed E-state index contributed by atoms with van der Waals surface area (Å²) in [7, 11) is 0. The van der Waals surface area contributed by atoms with Gasteiger partial charge in [0.25, 0.3) is 0 Å². The molecule has 0 aliphatic carbocycles. The monoisotopic (exact) mass is 276 g/mol. The molecule has 1 heterocycles. The van der Waals surface area contributed by atoms with E-state index in [0.29, 0.717) is 12.3 Å². The van der Waals surface area contributed by atoms with E-state index >= 15 is 0 Å². The molecule has 1 fully saturated rings. The standard InChI is InChI=1S/C16H24N2O2/c17-15(16(19)20)9-8-14-7-4-10-18(12-14)11-13-5-2-1-3-6-13/h1-3,5-6,14-15H,4,7-12,17H2,(H,19,20). The highest BCUT2D eigenvalue weighted by Crippen LogP contribution is 2.22. The Bertz CT molecular complexity index is 422. The summed E-state index contributed by atoms with van der Waals surface area (Å²) in [5.41, 5.74) is 6.92. The summed E-state index contributed by atoms with van der Waals surface area (Å²) < 4.78 is 0. The molecule has 0 spiro atoms. The van der Waals surface area contributed by atoms with E-state index in [2.05, 4.69) is 29.2 Å². The fourth-order valence-corrected chi connectivity index (χ4v) is 2.91. The van der Waals surface area contributed by atoms with Gasteiger partial charge in [0, 0.05) is 13.1 Å². The lowest BCUT2D eigenvalue weighted by Crippen LogP contribution is -2.36. The zero-order valence-electron chi connectivity index (χ0n) is 11.9. The number of carboxylic acid groups (broad SMARTS) is 1. The number of carboxylic acids is 1. The molecular formula is C16H24N2O2. The third-order valence-electron chi connectivity index (χ3n) is 4.06. The molecule has 1 saturated heterocycles. The lowest BCUT2D eigenvalue weighted by atomic mass is 9.91. The van der Waals surface area contributed by atoms with Crippen molar-refractivity contribution < 1.29 is 9.90 Å². The Balaban J connectivity index is 1.78. The highest BCUT2D eigenvalue weighted by Gasteiger charge is 2.21. The van der Waals surface area contributed by atoms with Crippen LogP contribution in [0.1, 0.15) is 31.2 Å². The maximum absolute atomic E-state index is 10.7. The van der Waals surface area contributed by atoms with Crippen molar-refractivity contribution in [1.29, 1.82) is 0 Å². The predicted molar refractivity (Wildman–Crippen MR) is 79.3 cm³/mol. The summed E-state index contributed by atoms with van der Waals surface area (Å²) in [5.74, 6) is -0.306. The van der Waals surface area contributed by atoms with Crippen molar-refractivity contribution in [1.82, 2.24) is 4.90 Å². The van der Waals surface area contributed by atoms with Crippen LogP contribution in [0, 0.1) is 5.92 Å². The van der Waals surface area contributed by atoms with Gasteiger partial charge in [0.15, 0.2) is 0 Å². The summed E-state index contributed by atoms with van der Waals surface area (Å²) in [6.45, 7) is 3.18. The number of piperidine rings is 1. The minimum Gasteiger partial charge on any atom is -0.480 e. The van der Waals surface area contributed by atoms with E-state index in [1.54, 1.807) is 0 Å². The fourth-order valence-electron chi connectivity index (χ4n) is 2.91. The van der Waals surface area contributed by atoms with Crippen LogP contribution < -0.4 is 5.73 Å². The molecule has 2 atom stereocenters. The normalized spacial score (nSPS) is 21.6. The van der Waals surface area contributed by atoms with Crippen molar-refractivity contribution in [3.63, 3.8) is 0 Å². The maximum Gasteiger partial charge on any atom is 0.320 e. The van der Waals surface area contributed by atoms with Crippen LogP contribution in [0.5, 0.6) is 0 Å². The van der Waals surface area contributed by atoms with Gasteiger partial charge < -0.3 is 10.8 Å². The van der Waals surface area contributed by atoms with Crippen molar-refractivity contribution in [3.05, 3.63) is 35.9 Å². The van der Waals surface area contributed by atoms with Crippen LogP contribution >= 0.6 is 0 Å². The zero-order valence-corrected chi connectivity index (χ0v) is 11.9. The molecule has 4 heteroatoms. The second-order valence-electron chi connectivity index (χ2n) is 5.75. The van der Waals surface area contributed by atoms with E-state index in [4.69, 9.17) is 10.8 Å². The SMILES string of the molecule is NC(CCC1CCCN(Cc2ccccc2)C1)C(=O)O. The molecule has 0 amide bonds. The summed E-state index contributed by atoms with van der Waals surface area (Å²) in [6.07, 6.45) is 3.88. The molecule has 0 radical (unpaired) electrons. The number of hydrogen-bond acceptors (Lipinski definition) is 3. The Morgan fingerprint density at radius 1 is 1.40 bits per heavy atom. The molecule has 1 aliphatic heterocycles. The highest BCUT2D eigenvalue weighted by molar-refractivity contribution is 5.72. The molecule has 2 rings (SSSR count). The largest absolute Gasteiger partial charge is 0.480 e. The zero-order chi connectivity index (χ0) is 14.4. The van der Waals surface area contributed by atoms with Gasteiger partial charge in [-0.15, -0.1) is 0 Å². The van der Waals surface area contributed by atoms with E-state index in [1.165, 1.54) is 18.4 Å². The van der Waals surface area contributed by atoms with Gasteiger partial charge in [-0.3, -0.25) is 9.69 Å². The van der Waals surface area contributed by atoms with Crippen LogP contribution in [0.3, 0.4) is 0 Å². The molecule has 20 heavy (non-hydrogen) atoms. The predicted octanol–water partition coefficient (Wildman–Crippen LogP) is 2.09. The number of nitrogens with two attached hydrogens (primary N) is 1. The first kappa shape index (κ1) is 15.0. The Labute approximate surface area is 120 Å². The first-order valence-corrected chi connectivity index (χ1v) is 7.40. The van der Waals surface area contributed by atoms with Gasteiger partial charge in [-0.05, 0) is 43.7 Å². The van der Waals surface area contributed by atoms with E-state index < -0.39 is 12.0 Å². The number of rotatable bonds is 6. The van der Waals surface area contributed by atoms with Crippen LogP contribution in [0.4, 0.5) is 0 Å². The second-order valence-corrected chi connectivity index (χ2v) is 5.75. The van der Waals surface area contributed by atoms with E-state index in [0.717, 1.165) is 26.1 Å². The molecule has 1 aromatic carbocycles. The van der Waals surface area contributed by atoms with Crippen LogP contribution in [0.15, 0.2) is 30.3 Å². The van der Waals surface area contributed by atoms with Crippen LogP contribution in [-0.2, 0) is 11.3 Å². The minimum absolute atomic E-state index is 0.581.